The molecule has 2 aromatic carbocycles. The number of hydrogen-bond acceptors (Lipinski definition) is 5. The summed E-state index contributed by atoms with van der Waals surface area (Å²) in [7, 11) is 0. The molecule has 4 rings (SSSR count). The second-order valence-electron chi connectivity index (χ2n) is 8.88. The second kappa shape index (κ2) is 12.5. The Morgan fingerprint density at radius 1 is 1.22 bits per heavy atom. The Labute approximate surface area is 225 Å². The van der Waals surface area contributed by atoms with Gasteiger partial charge in [0.15, 0.2) is 0 Å². The molecule has 1 aliphatic rings. The molecule has 9 heteroatoms. The number of hydrogen-bond donors (Lipinski definition) is 1. The van der Waals surface area contributed by atoms with Crippen LogP contribution in [0.25, 0.3) is 0 Å². The minimum Gasteiger partial charge on any atom is -0.492 e. The normalized spacial score (nSPS) is 15.0. The molecular formula is C28H30ClFN2O4S. The average Bonchev–Trinajstić information content (AvgIpc) is 3.41. The molecule has 1 atom stereocenters. The van der Waals surface area contributed by atoms with Gasteiger partial charge in [0.05, 0.1) is 41.9 Å². The Kier molecular flexibility index (Phi) is 9.16. The minimum absolute atomic E-state index is 0.0432. The van der Waals surface area contributed by atoms with Crippen LogP contribution in [0, 0.1) is 5.82 Å². The van der Waals surface area contributed by atoms with Crippen LogP contribution in [-0.2, 0) is 17.9 Å². The number of halogens is 2. The number of carbonyl (C=O) groups excluding carboxylic acids is 2. The van der Waals surface area contributed by atoms with Gasteiger partial charge >= 0.3 is 0 Å². The van der Waals surface area contributed by atoms with Gasteiger partial charge in [0, 0.05) is 16.0 Å². The third-order valence-corrected chi connectivity index (χ3v) is 7.71. The Hall–Kier alpha value is -2.97. The number of thioether (sulfide) groups is 1. The zero-order valence-electron chi connectivity index (χ0n) is 20.9. The molecule has 0 saturated heterocycles. The van der Waals surface area contributed by atoms with Crippen LogP contribution in [0.1, 0.15) is 61.2 Å². The molecule has 2 amide bonds. The molecule has 1 unspecified atom stereocenters. The van der Waals surface area contributed by atoms with Crippen LogP contribution in [0.2, 0.25) is 5.02 Å². The van der Waals surface area contributed by atoms with Crippen LogP contribution >= 0.6 is 23.4 Å². The van der Waals surface area contributed by atoms with Gasteiger partial charge in [-0.05, 0) is 55.8 Å². The van der Waals surface area contributed by atoms with E-state index in [1.807, 2.05) is 0 Å². The molecule has 2 heterocycles. The third-order valence-electron chi connectivity index (χ3n) is 6.16. The minimum atomic E-state index is -0.502. The second-order valence-corrected chi connectivity index (χ2v) is 10.6. The summed E-state index contributed by atoms with van der Waals surface area (Å²) in [5, 5.41) is 2.59. The number of anilines is 1. The zero-order chi connectivity index (χ0) is 26.4. The summed E-state index contributed by atoms with van der Waals surface area (Å²) in [6.45, 7) is 4.65. The highest BCUT2D eigenvalue weighted by Crippen LogP contribution is 2.42. The van der Waals surface area contributed by atoms with Crippen LogP contribution in [0.15, 0.2) is 58.0 Å². The van der Waals surface area contributed by atoms with E-state index in [0.29, 0.717) is 29.4 Å². The number of nitrogens with one attached hydrogen (secondary N) is 1. The fraction of sp³-hybridized carbons (Fsp3) is 0.357. The lowest BCUT2D eigenvalue weighted by atomic mass is 10.1. The van der Waals surface area contributed by atoms with E-state index in [9.17, 15) is 14.0 Å². The molecule has 1 N–H and O–H groups in total. The molecule has 1 aromatic heterocycles. The fourth-order valence-corrected chi connectivity index (χ4v) is 5.47. The van der Waals surface area contributed by atoms with Crippen molar-refractivity contribution in [3.8, 4) is 5.75 Å². The highest BCUT2D eigenvalue weighted by molar-refractivity contribution is 8.01. The number of rotatable bonds is 11. The maximum Gasteiger partial charge on any atom is 0.251 e. The molecule has 37 heavy (non-hydrogen) atoms. The number of amides is 2. The molecule has 0 saturated carbocycles. The summed E-state index contributed by atoms with van der Waals surface area (Å²) >= 11 is 7.93. The van der Waals surface area contributed by atoms with E-state index in [1.54, 1.807) is 43.5 Å². The van der Waals surface area contributed by atoms with E-state index in [1.165, 1.54) is 28.8 Å². The molecule has 6 nitrogen and oxygen atoms in total. The Morgan fingerprint density at radius 2 is 2.05 bits per heavy atom. The standard InChI is InChI=1S/C28H30ClFN2O4S/c1-3-4-5-6-13-36-24-12-10-22(30)21(26(24)29)17-32-23-11-9-19(15-25(23)37-18(2)28(32)34)27(33)31-16-20-8-7-14-35-20/h7-12,14-15,18H,3-6,13,16-17H2,1-2H3,(H,31,33). The van der Waals surface area contributed by atoms with Crippen LogP contribution < -0.4 is 15.0 Å². The molecule has 0 fully saturated rings. The SMILES string of the molecule is CCCCCCOc1ccc(F)c(CN2C(=O)C(C)Sc3cc(C(=O)NCc4ccco4)ccc32)c1Cl. The first-order valence-electron chi connectivity index (χ1n) is 12.4. The van der Waals surface area contributed by atoms with Crippen molar-refractivity contribution < 1.29 is 23.1 Å². The van der Waals surface area contributed by atoms with Crippen molar-refractivity contribution >= 4 is 40.9 Å². The lowest BCUT2D eigenvalue weighted by molar-refractivity contribution is -0.118. The smallest absolute Gasteiger partial charge is 0.251 e. The van der Waals surface area contributed by atoms with Crippen molar-refractivity contribution in [2.75, 3.05) is 11.5 Å². The van der Waals surface area contributed by atoms with Gasteiger partial charge in [-0.1, -0.05) is 37.8 Å². The Morgan fingerprint density at radius 3 is 2.81 bits per heavy atom. The summed E-state index contributed by atoms with van der Waals surface area (Å²) in [6.07, 6.45) is 5.75. The maximum atomic E-state index is 14.9. The predicted molar refractivity (Wildman–Crippen MR) is 144 cm³/mol. The number of carbonyl (C=O) groups is 2. The first-order valence-corrected chi connectivity index (χ1v) is 13.7. The van der Waals surface area contributed by atoms with E-state index in [4.69, 9.17) is 20.8 Å². The summed E-state index contributed by atoms with van der Waals surface area (Å²) in [5.41, 5.74) is 1.27. The lowest BCUT2D eigenvalue weighted by Crippen LogP contribution is -2.39. The van der Waals surface area contributed by atoms with Crippen LogP contribution in [0.3, 0.4) is 0 Å². The first kappa shape index (κ1) is 27.1. The van der Waals surface area contributed by atoms with Crippen LogP contribution in [0.4, 0.5) is 10.1 Å². The van der Waals surface area contributed by atoms with Crippen LogP contribution in [0.5, 0.6) is 5.75 Å². The van der Waals surface area contributed by atoms with Crippen molar-refractivity contribution in [3.63, 3.8) is 0 Å². The summed E-state index contributed by atoms with van der Waals surface area (Å²) in [4.78, 5) is 28.1. The van der Waals surface area contributed by atoms with Crippen molar-refractivity contribution in [2.45, 2.75) is 62.8 Å². The highest BCUT2D eigenvalue weighted by atomic mass is 35.5. The largest absolute Gasteiger partial charge is 0.492 e. The topological polar surface area (TPSA) is 71.8 Å². The first-order chi connectivity index (χ1) is 17.9. The molecule has 0 radical (unpaired) electrons. The summed E-state index contributed by atoms with van der Waals surface area (Å²) < 4.78 is 26.0. The van der Waals surface area contributed by atoms with Gasteiger partial charge in [-0.3, -0.25) is 9.59 Å². The van der Waals surface area contributed by atoms with Crippen molar-refractivity contribution in [2.24, 2.45) is 0 Å². The maximum absolute atomic E-state index is 14.9. The van der Waals surface area contributed by atoms with E-state index in [0.717, 1.165) is 30.6 Å². The lowest BCUT2D eigenvalue weighted by Gasteiger charge is -2.33. The molecule has 0 bridgehead atoms. The molecule has 3 aromatic rings. The van der Waals surface area contributed by atoms with E-state index in [-0.39, 0.29) is 35.5 Å². The molecular weight excluding hydrogens is 515 g/mol. The van der Waals surface area contributed by atoms with Gasteiger partial charge in [0.25, 0.3) is 5.91 Å². The molecule has 0 aliphatic carbocycles. The Bertz CT molecular complexity index is 1250. The van der Waals surface area contributed by atoms with E-state index in [2.05, 4.69) is 12.2 Å². The van der Waals surface area contributed by atoms with E-state index >= 15 is 0 Å². The monoisotopic (exact) mass is 544 g/mol. The Balaban J connectivity index is 1.53. The number of ether oxygens (including phenoxy) is 1. The molecule has 1 aliphatic heterocycles. The number of fused-ring (bicyclic) bond motifs is 1. The molecule has 196 valence electrons. The average molecular weight is 545 g/mol. The van der Waals surface area contributed by atoms with Gasteiger partial charge in [0.2, 0.25) is 5.91 Å². The number of unbranched alkanes of at least 4 members (excludes halogenated alkanes) is 3. The summed E-state index contributed by atoms with van der Waals surface area (Å²) in [5.74, 6) is 0.141. The quantitative estimate of drug-likeness (QED) is 0.263. The van der Waals surface area contributed by atoms with Crippen LogP contribution in [-0.4, -0.2) is 23.7 Å². The van der Waals surface area contributed by atoms with E-state index < -0.39 is 11.1 Å². The van der Waals surface area contributed by atoms with Gasteiger partial charge < -0.3 is 19.4 Å². The van der Waals surface area contributed by atoms with Crippen molar-refractivity contribution in [3.05, 3.63) is 76.5 Å². The highest BCUT2D eigenvalue weighted by Gasteiger charge is 2.32. The predicted octanol–water partition coefficient (Wildman–Crippen LogP) is 6.99. The number of benzene rings is 2. The third kappa shape index (κ3) is 6.48. The van der Waals surface area contributed by atoms with Crippen molar-refractivity contribution in [1.29, 1.82) is 0 Å². The fourth-order valence-electron chi connectivity index (χ4n) is 4.10. The van der Waals surface area contributed by atoms with Gasteiger partial charge in [0.1, 0.15) is 17.3 Å². The van der Waals surface area contributed by atoms with Gasteiger partial charge in [-0.2, -0.15) is 0 Å². The van der Waals surface area contributed by atoms with Gasteiger partial charge in [-0.15, -0.1) is 11.8 Å². The zero-order valence-corrected chi connectivity index (χ0v) is 22.5. The van der Waals surface area contributed by atoms with Gasteiger partial charge in [-0.25, -0.2) is 4.39 Å². The summed E-state index contributed by atoms with van der Waals surface area (Å²) in [6, 6.07) is 11.5. The van der Waals surface area contributed by atoms with Crippen molar-refractivity contribution in [1.82, 2.24) is 5.32 Å². The molecule has 0 spiro atoms. The number of nitrogens with zero attached hydrogens (tertiary/aromatic N) is 1. The number of furan rings is 1.